The van der Waals surface area contributed by atoms with Crippen LogP contribution in [0.5, 0.6) is 11.5 Å². The summed E-state index contributed by atoms with van der Waals surface area (Å²) in [5, 5.41) is 7.63. The Morgan fingerprint density at radius 2 is 1.83 bits per heavy atom. The lowest BCUT2D eigenvalue weighted by Crippen LogP contribution is -2.45. The molecule has 0 unspecified atom stereocenters. The van der Waals surface area contributed by atoms with Gasteiger partial charge in [0.1, 0.15) is 17.3 Å². The molecule has 3 heterocycles. The molecule has 1 saturated heterocycles. The fraction of sp³-hybridized carbons (Fsp3) is 0.292. The van der Waals surface area contributed by atoms with Gasteiger partial charge >= 0.3 is 0 Å². The quantitative estimate of drug-likeness (QED) is 0.462. The molecule has 0 saturated carbocycles. The zero-order valence-electron chi connectivity index (χ0n) is 19.4. The maximum absolute atomic E-state index is 13.4. The number of halogens is 2. The van der Waals surface area contributed by atoms with Crippen LogP contribution in [0, 0.1) is 0 Å². The summed E-state index contributed by atoms with van der Waals surface area (Å²) >= 11 is 13.2. The number of nitrogens with one attached hydrogen (secondary N) is 2. The monoisotopic (exact) mass is 518 g/mol. The Balaban J connectivity index is 1.75. The highest BCUT2D eigenvalue weighted by Gasteiger charge is 2.29. The van der Waals surface area contributed by atoms with E-state index in [-0.39, 0.29) is 33.6 Å². The number of hydrogen-bond acceptors (Lipinski definition) is 7. The molecule has 1 fully saturated rings. The van der Waals surface area contributed by atoms with Crippen LogP contribution in [0.1, 0.15) is 0 Å². The first kappa shape index (κ1) is 24.8. The summed E-state index contributed by atoms with van der Waals surface area (Å²) in [5.41, 5.74) is 0.627. The molecule has 35 heavy (non-hydrogen) atoms. The van der Waals surface area contributed by atoms with Crippen LogP contribution < -0.4 is 25.7 Å². The Morgan fingerprint density at radius 3 is 2.46 bits per heavy atom. The van der Waals surface area contributed by atoms with E-state index in [1.54, 1.807) is 31.4 Å². The third-order valence-corrected chi connectivity index (χ3v) is 6.63. The molecule has 1 aliphatic rings. The maximum atomic E-state index is 13.4. The molecule has 9 nitrogen and oxygen atoms in total. The molecule has 3 aromatic rings. The molecule has 4 rings (SSSR count). The normalized spacial score (nSPS) is 17.3. The van der Waals surface area contributed by atoms with Gasteiger partial charge in [-0.1, -0.05) is 29.8 Å². The van der Waals surface area contributed by atoms with Crippen LogP contribution in [-0.2, 0) is 16.6 Å². The van der Waals surface area contributed by atoms with Crippen LogP contribution in [0.25, 0.3) is 22.0 Å². The lowest BCUT2D eigenvalue weighted by Gasteiger charge is -2.20. The van der Waals surface area contributed by atoms with Gasteiger partial charge in [0, 0.05) is 30.3 Å². The summed E-state index contributed by atoms with van der Waals surface area (Å²) in [7, 11) is 4.60. The SMILES string of the molecule is C=CC(=O)N[C@H]1COC[C@H]1Nc1cc2c(=O)n(C)c(-c3c(Cl)c(OC)cc(OC)c3Cl)cc2cn1. The number of fused-ring (bicyclic) bond motifs is 1. The van der Waals surface area contributed by atoms with Crippen molar-refractivity contribution in [2.45, 2.75) is 12.1 Å². The number of rotatable bonds is 7. The van der Waals surface area contributed by atoms with Crippen molar-refractivity contribution < 1.29 is 19.0 Å². The van der Waals surface area contributed by atoms with Crippen molar-refractivity contribution in [2.24, 2.45) is 7.05 Å². The Labute approximate surface area is 211 Å². The van der Waals surface area contributed by atoms with E-state index in [1.807, 2.05) is 0 Å². The van der Waals surface area contributed by atoms with Gasteiger partial charge in [-0.2, -0.15) is 0 Å². The van der Waals surface area contributed by atoms with Crippen molar-refractivity contribution in [1.29, 1.82) is 0 Å². The molecule has 1 aromatic carbocycles. The number of methoxy groups -OCH3 is 2. The fourth-order valence-electron chi connectivity index (χ4n) is 4.00. The van der Waals surface area contributed by atoms with Crippen molar-refractivity contribution in [1.82, 2.24) is 14.9 Å². The molecular formula is C24H24Cl2N4O5. The Hall–Kier alpha value is -3.27. The Morgan fingerprint density at radius 1 is 1.17 bits per heavy atom. The summed E-state index contributed by atoms with van der Waals surface area (Å²) in [4.78, 5) is 29.5. The highest BCUT2D eigenvalue weighted by Crippen LogP contribution is 2.45. The van der Waals surface area contributed by atoms with Crippen LogP contribution in [0.3, 0.4) is 0 Å². The predicted molar refractivity (Wildman–Crippen MR) is 136 cm³/mol. The number of hydrogen-bond donors (Lipinski definition) is 2. The van der Waals surface area contributed by atoms with Crippen LogP contribution in [0.2, 0.25) is 10.0 Å². The van der Waals surface area contributed by atoms with E-state index in [1.165, 1.54) is 24.9 Å². The number of carbonyl (C=O) groups excluding carboxylic acids is 1. The molecule has 2 atom stereocenters. The summed E-state index contributed by atoms with van der Waals surface area (Å²) in [6, 6.07) is 4.57. The van der Waals surface area contributed by atoms with Crippen molar-refractivity contribution >= 4 is 45.7 Å². The van der Waals surface area contributed by atoms with Crippen molar-refractivity contribution in [2.75, 3.05) is 32.8 Å². The van der Waals surface area contributed by atoms with Crippen LogP contribution >= 0.6 is 23.2 Å². The fourth-order valence-corrected chi connectivity index (χ4v) is 4.69. The number of anilines is 1. The van der Waals surface area contributed by atoms with Gasteiger partial charge in [0.15, 0.2) is 0 Å². The Bertz CT molecular complexity index is 1350. The third kappa shape index (κ3) is 4.67. The van der Waals surface area contributed by atoms with Gasteiger partial charge < -0.3 is 29.4 Å². The average molecular weight is 519 g/mol. The number of pyridine rings is 2. The molecular weight excluding hydrogens is 495 g/mol. The molecule has 1 amide bonds. The summed E-state index contributed by atoms with van der Waals surface area (Å²) in [6.45, 7) is 4.21. The second-order valence-corrected chi connectivity index (χ2v) is 8.70. The largest absolute Gasteiger partial charge is 0.495 e. The van der Waals surface area contributed by atoms with Crippen LogP contribution in [0.4, 0.5) is 5.82 Å². The smallest absolute Gasteiger partial charge is 0.258 e. The topological polar surface area (TPSA) is 104 Å². The summed E-state index contributed by atoms with van der Waals surface area (Å²) in [6.07, 6.45) is 2.80. The van der Waals surface area contributed by atoms with E-state index in [9.17, 15) is 9.59 Å². The van der Waals surface area contributed by atoms with Gasteiger partial charge in [-0.05, 0) is 18.2 Å². The number of nitrogens with zero attached hydrogens (tertiary/aromatic N) is 2. The lowest BCUT2D eigenvalue weighted by molar-refractivity contribution is -0.117. The minimum Gasteiger partial charge on any atom is -0.495 e. The maximum Gasteiger partial charge on any atom is 0.258 e. The number of aromatic nitrogens is 2. The van der Waals surface area contributed by atoms with E-state index in [4.69, 9.17) is 37.4 Å². The number of ether oxygens (including phenoxy) is 3. The third-order valence-electron chi connectivity index (χ3n) is 5.88. The van der Waals surface area contributed by atoms with Gasteiger partial charge in [0.2, 0.25) is 5.91 Å². The molecule has 11 heteroatoms. The average Bonchev–Trinajstić information content (AvgIpc) is 3.28. The van der Waals surface area contributed by atoms with Gasteiger partial charge in [-0.3, -0.25) is 9.59 Å². The molecule has 0 bridgehead atoms. The van der Waals surface area contributed by atoms with Crippen LogP contribution in [-0.4, -0.2) is 55.0 Å². The molecule has 184 valence electrons. The number of carbonyl (C=O) groups is 1. The second-order valence-electron chi connectivity index (χ2n) is 7.94. The highest BCUT2D eigenvalue weighted by molar-refractivity contribution is 6.41. The zero-order valence-corrected chi connectivity index (χ0v) is 20.9. The van der Waals surface area contributed by atoms with Crippen molar-refractivity contribution in [3.8, 4) is 22.8 Å². The highest BCUT2D eigenvalue weighted by atomic mass is 35.5. The molecule has 0 spiro atoms. The Kier molecular flexibility index (Phi) is 7.20. The minimum atomic E-state index is -0.285. The van der Waals surface area contributed by atoms with E-state index in [0.717, 1.165) is 0 Å². The molecule has 1 aliphatic heterocycles. The summed E-state index contributed by atoms with van der Waals surface area (Å²) in [5.74, 6) is 0.927. The predicted octanol–water partition coefficient (Wildman–Crippen LogP) is 3.41. The molecule has 2 N–H and O–H groups in total. The summed E-state index contributed by atoms with van der Waals surface area (Å²) < 4.78 is 17.7. The lowest BCUT2D eigenvalue weighted by atomic mass is 10.1. The van der Waals surface area contributed by atoms with E-state index in [2.05, 4.69) is 22.2 Å². The van der Waals surface area contributed by atoms with Gasteiger partial charge in [0.25, 0.3) is 5.56 Å². The van der Waals surface area contributed by atoms with Crippen LogP contribution in [0.15, 0.2) is 41.8 Å². The van der Waals surface area contributed by atoms with Gasteiger partial charge in [0.05, 0.1) is 60.6 Å². The van der Waals surface area contributed by atoms with Gasteiger partial charge in [-0.15, -0.1) is 0 Å². The minimum absolute atomic E-state index is 0.214. The van der Waals surface area contributed by atoms with Gasteiger partial charge in [-0.25, -0.2) is 4.98 Å². The van der Waals surface area contributed by atoms with E-state index < -0.39 is 0 Å². The standard InChI is InChI=1S/C24H24Cl2N4O5/c1-5-20(31)29-15-11-35-10-14(15)28-19-7-13-12(9-27-19)6-16(30(2)24(13)32)21-22(25)17(33-3)8-18(34-4)23(21)26/h5-9,14-15H,1,10-11H2,2-4H3,(H,27,28)(H,29,31)/t14-,15+/m1/s1. The van der Waals surface area contributed by atoms with E-state index >= 15 is 0 Å². The molecule has 0 radical (unpaired) electrons. The van der Waals surface area contributed by atoms with Crippen molar-refractivity contribution in [3.05, 3.63) is 57.4 Å². The first-order valence-corrected chi connectivity index (χ1v) is 11.4. The molecule has 0 aliphatic carbocycles. The van der Waals surface area contributed by atoms with E-state index in [0.29, 0.717) is 52.6 Å². The first-order chi connectivity index (χ1) is 16.8. The molecule has 2 aromatic heterocycles. The zero-order chi connectivity index (χ0) is 25.3. The number of amides is 1. The number of benzene rings is 1. The second kappa shape index (κ2) is 10.2. The van der Waals surface area contributed by atoms with Crippen molar-refractivity contribution in [3.63, 3.8) is 0 Å². The first-order valence-electron chi connectivity index (χ1n) is 10.7.